The predicted molar refractivity (Wildman–Crippen MR) is 229 cm³/mol. The number of piperazine rings is 1. The Hall–Kier alpha value is -7.94. The molecule has 3 heterocycles. The van der Waals surface area contributed by atoms with Crippen LogP contribution >= 0.6 is 0 Å². The molecule has 1 aliphatic heterocycles. The number of para-hydroxylation sites is 4. The lowest BCUT2D eigenvalue weighted by Crippen LogP contribution is -2.39. The second-order valence-corrected chi connectivity index (χ2v) is 13.4. The maximum atomic E-state index is 13.2. The van der Waals surface area contributed by atoms with Crippen molar-refractivity contribution in [1.29, 1.82) is 0 Å². The van der Waals surface area contributed by atoms with Crippen molar-refractivity contribution in [2.75, 3.05) is 26.2 Å². The normalized spacial score (nSPS) is 12.1. The Balaban J connectivity index is 0.000000159. The summed E-state index contributed by atoms with van der Waals surface area (Å²) < 4.78 is 2.76. The monoisotopic (exact) mass is 802 g/mol. The Kier molecular flexibility index (Phi) is 12.2. The SMILES string of the molecule is C1CNCCN1.O=C(O)c1ccc(-n2c(-c3ccccc3O)nc3ccccc3c2=O)cc1.O=C(O)c1ccc(-n2c(-c3ccccc3O)nc3ccccc3c2=O)cc1. The van der Waals surface area contributed by atoms with Gasteiger partial charge in [0.1, 0.15) is 11.5 Å². The minimum Gasteiger partial charge on any atom is -0.507 e. The number of aromatic hydroxyl groups is 2. The number of hydrogen-bond donors (Lipinski definition) is 6. The number of hydrogen-bond acceptors (Lipinski definition) is 10. The second-order valence-electron chi connectivity index (χ2n) is 13.4. The fourth-order valence-electron chi connectivity index (χ4n) is 6.54. The molecule has 0 atom stereocenters. The second kappa shape index (κ2) is 18.1. The molecule has 6 N–H and O–H groups in total. The summed E-state index contributed by atoms with van der Waals surface area (Å²) in [5, 5.41) is 46.1. The van der Waals surface area contributed by atoms with Crippen LogP contribution in [0.3, 0.4) is 0 Å². The predicted octanol–water partition coefficient (Wildman–Crippen LogP) is 6.09. The van der Waals surface area contributed by atoms with Gasteiger partial charge in [-0.05, 0) is 97.1 Å². The van der Waals surface area contributed by atoms with E-state index in [1.165, 1.54) is 45.5 Å². The maximum absolute atomic E-state index is 13.2. The van der Waals surface area contributed by atoms with Crippen LogP contribution in [0.15, 0.2) is 155 Å². The molecule has 6 aromatic carbocycles. The molecule has 0 amide bonds. The van der Waals surface area contributed by atoms with Crippen LogP contribution in [-0.2, 0) is 0 Å². The van der Waals surface area contributed by atoms with Crippen molar-refractivity contribution in [1.82, 2.24) is 29.7 Å². The summed E-state index contributed by atoms with van der Waals surface area (Å²) in [4.78, 5) is 57.8. The van der Waals surface area contributed by atoms with Gasteiger partial charge in [0, 0.05) is 26.2 Å². The molecule has 8 aromatic rings. The minimum absolute atomic E-state index is 0.00409. The van der Waals surface area contributed by atoms with Crippen LogP contribution in [0.2, 0.25) is 0 Å². The number of rotatable bonds is 6. The molecule has 1 saturated heterocycles. The first-order valence-corrected chi connectivity index (χ1v) is 18.8. The zero-order chi connectivity index (χ0) is 42.2. The molecule has 0 radical (unpaired) electrons. The number of carboxylic acids is 2. The molecule has 9 rings (SSSR count). The number of phenols is 2. The number of aromatic carboxylic acids is 2. The van der Waals surface area contributed by atoms with Crippen LogP contribution in [0, 0.1) is 0 Å². The lowest BCUT2D eigenvalue weighted by Gasteiger charge is -2.15. The Labute approximate surface area is 341 Å². The summed E-state index contributed by atoms with van der Waals surface area (Å²) in [6.07, 6.45) is 0. The van der Waals surface area contributed by atoms with E-state index in [2.05, 4.69) is 20.6 Å². The van der Waals surface area contributed by atoms with Crippen molar-refractivity contribution >= 4 is 33.7 Å². The number of nitrogens with zero attached hydrogens (tertiary/aromatic N) is 4. The molecule has 0 unspecified atom stereocenters. The van der Waals surface area contributed by atoms with Gasteiger partial charge in [0.25, 0.3) is 11.1 Å². The van der Waals surface area contributed by atoms with Gasteiger partial charge in [-0.1, -0.05) is 48.5 Å². The molecular formula is C46H38N6O8. The van der Waals surface area contributed by atoms with Crippen LogP contribution < -0.4 is 21.8 Å². The van der Waals surface area contributed by atoms with Crippen molar-refractivity contribution in [3.63, 3.8) is 0 Å². The fraction of sp³-hybridized carbons (Fsp3) is 0.0870. The highest BCUT2D eigenvalue weighted by Gasteiger charge is 2.19. The summed E-state index contributed by atoms with van der Waals surface area (Å²) in [6.45, 7) is 4.56. The number of carbonyl (C=O) groups is 2. The van der Waals surface area contributed by atoms with Gasteiger partial charge in [-0.2, -0.15) is 0 Å². The summed E-state index contributed by atoms with van der Waals surface area (Å²) in [5.41, 5.74) is 2.38. The average Bonchev–Trinajstić information content (AvgIpc) is 3.28. The number of phenolic OH excluding ortho intramolecular Hbond substituents is 2. The number of aromatic nitrogens is 4. The largest absolute Gasteiger partial charge is 0.507 e. The molecule has 14 heteroatoms. The van der Waals surface area contributed by atoms with E-state index in [9.17, 15) is 29.4 Å². The van der Waals surface area contributed by atoms with Crippen LogP contribution in [0.1, 0.15) is 20.7 Å². The first kappa shape index (κ1) is 40.3. The molecule has 0 bridgehead atoms. The van der Waals surface area contributed by atoms with Crippen LogP contribution in [-0.4, -0.2) is 77.6 Å². The van der Waals surface area contributed by atoms with Gasteiger partial charge in [0.2, 0.25) is 0 Å². The fourth-order valence-corrected chi connectivity index (χ4v) is 6.54. The highest BCUT2D eigenvalue weighted by Crippen LogP contribution is 2.31. The van der Waals surface area contributed by atoms with Crippen LogP contribution in [0.5, 0.6) is 11.5 Å². The van der Waals surface area contributed by atoms with E-state index in [0.717, 1.165) is 26.2 Å². The molecular weight excluding hydrogens is 765 g/mol. The summed E-state index contributed by atoms with van der Waals surface area (Å²) >= 11 is 0. The van der Waals surface area contributed by atoms with Crippen molar-refractivity contribution in [3.8, 4) is 45.6 Å². The van der Waals surface area contributed by atoms with Crippen molar-refractivity contribution in [2.24, 2.45) is 0 Å². The molecule has 60 heavy (non-hydrogen) atoms. The smallest absolute Gasteiger partial charge is 0.335 e. The highest BCUT2D eigenvalue weighted by molar-refractivity contribution is 5.89. The summed E-state index contributed by atoms with van der Waals surface area (Å²) in [6, 6.07) is 39.0. The number of fused-ring (bicyclic) bond motifs is 2. The zero-order valence-corrected chi connectivity index (χ0v) is 31.9. The lowest BCUT2D eigenvalue weighted by atomic mass is 10.1. The van der Waals surface area contributed by atoms with Crippen LogP contribution in [0.4, 0.5) is 0 Å². The third kappa shape index (κ3) is 8.64. The summed E-state index contributed by atoms with van der Waals surface area (Å²) in [7, 11) is 0. The Morgan fingerprint density at radius 1 is 0.467 bits per heavy atom. The van der Waals surface area contributed by atoms with Gasteiger partial charge in [-0.3, -0.25) is 18.7 Å². The van der Waals surface area contributed by atoms with E-state index < -0.39 is 11.9 Å². The highest BCUT2D eigenvalue weighted by atomic mass is 16.4. The molecule has 1 fully saturated rings. The Morgan fingerprint density at radius 3 is 1.13 bits per heavy atom. The third-order valence-electron chi connectivity index (χ3n) is 9.54. The Morgan fingerprint density at radius 2 is 0.800 bits per heavy atom. The van der Waals surface area contributed by atoms with Crippen molar-refractivity contribution in [2.45, 2.75) is 0 Å². The lowest BCUT2D eigenvalue weighted by molar-refractivity contribution is 0.0686. The van der Waals surface area contributed by atoms with E-state index in [-0.39, 0.29) is 45.4 Å². The van der Waals surface area contributed by atoms with E-state index in [0.29, 0.717) is 44.3 Å². The van der Waals surface area contributed by atoms with Gasteiger partial charge in [0.05, 0.1) is 55.4 Å². The minimum atomic E-state index is -1.05. The molecule has 0 aliphatic carbocycles. The van der Waals surface area contributed by atoms with Crippen molar-refractivity contribution < 1.29 is 30.0 Å². The quantitative estimate of drug-likeness (QED) is 0.113. The van der Waals surface area contributed by atoms with Gasteiger partial charge in [0.15, 0.2) is 11.6 Å². The van der Waals surface area contributed by atoms with Gasteiger partial charge >= 0.3 is 11.9 Å². The third-order valence-corrected chi connectivity index (χ3v) is 9.54. The average molecular weight is 803 g/mol. The first-order valence-electron chi connectivity index (χ1n) is 18.8. The molecule has 0 spiro atoms. The van der Waals surface area contributed by atoms with E-state index in [1.54, 1.807) is 109 Å². The van der Waals surface area contributed by atoms with E-state index >= 15 is 0 Å². The molecule has 14 nitrogen and oxygen atoms in total. The number of nitrogens with one attached hydrogen (secondary N) is 2. The molecule has 0 saturated carbocycles. The Bertz CT molecular complexity index is 2750. The van der Waals surface area contributed by atoms with Gasteiger partial charge in [-0.15, -0.1) is 0 Å². The maximum Gasteiger partial charge on any atom is 0.335 e. The molecule has 300 valence electrons. The van der Waals surface area contributed by atoms with Gasteiger partial charge in [-0.25, -0.2) is 19.6 Å². The first-order chi connectivity index (χ1) is 29.1. The van der Waals surface area contributed by atoms with E-state index in [4.69, 9.17) is 10.2 Å². The van der Waals surface area contributed by atoms with Crippen molar-refractivity contribution in [3.05, 3.63) is 177 Å². The number of carboxylic acid groups (broad SMARTS) is 2. The molecule has 2 aromatic heterocycles. The standard InChI is InChI=1S/2C21H14N2O4.C4H10N2/c2*24-18-8-4-2-6-16(18)19-22-17-7-3-1-5-15(17)20(25)23(19)14-11-9-13(10-12-14)21(26)27;1-2-6-4-3-5-1/h2*1-12,24H,(H,26,27);5-6H,1-4H2. The zero-order valence-electron chi connectivity index (χ0n) is 31.9. The van der Waals surface area contributed by atoms with Crippen LogP contribution in [0.25, 0.3) is 56.0 Å². The molecule has 1 aliphatic rings. The van der Waals surface area contributed by atoms with E-state index in [1.807, 2.05) is 0 Å². The summed E-state index contributed by atoms with van der Waals surface area (Å²) in [5.74, 6) is -1.55. The van der Waals surface area contributed by atoms with Gasteiger partial charge < -0.3 is 31.1 Å². The topological polar surface area (TPSA) is 209 Å². The number of benzene rings is 6.